The molecule has 1 heterocycles. The van der Waals surface area contributed by atoms with Crippen LogP contribution in [0.2, 0.25) is 0 Å². The summed E-state index contributed by atoms with van der Waals surface area (Å²) in [5.74, 6) is 0.962. The lowest BCUT2D eigenvalue weighted by Crippen LogP contribution is -2.38. The smallest absolute Gasteiger partial charge is 0.254 e. The van der Waals surface area contributed by atoms with E-state index in [0.717, 1.165) is 12.8 Å². The molecule has 1 aliphatic rings. The van der Waals surface area contributed by atoms with E-state index in [1.165, 1.54) is 11.1 Å². The van der Waals surface area contributed by atoms with Gasteiger partial charge in [0, 0.05) is 13.2 Å². The summed E-state index contributed by atoms with van der Waals surface area (Å²) in [5.41, 5.74) is 3.24. The van der Waals surface area contributed by atoms with Crippen LogP contribution in [0.25, 0.3) is 0 Å². The lowest BCUT2D eigenvalue weighted by Gasteiger charge is -2.36. The molecular formula is C18H23N3O. The molecule has 1 aromatic heterocycles. The van der Waals surface area contributed by atoms with Gasteiger partial charge in [0.05, 0.1) is 17.8 Å². The van der Waals surface area contributed by atoms with E-state index in [1.54, 1.807) is 17.1 Å². The van der Waals surface area contributed by atoms with Crippen molar-refractivity contribution in [1.29, 1.82) is 0 Å². The Morgan fingerprint density at radius 3 is 2.82 bits per heavy atom. The summed E-state index contributed by atoms with van der Waals surface area (Å²) >= 11 is 0. The maximum atomic E-state index is 12.5. The van der Waals surface area contributed by atoms with Gasteiger partial charge in [0.15, 0.2) is 0 Å². The van der Waals surface area contributed by atoms with Gasteiger partial charge in [-0.15, -0.1) is 0 Å². The fraction of sp³-hybridized carbons (Fsp3) is 0.444. The molecule has 4 heteroatoms. The largest absolute Gasteiger partial charge is 0.345 e. The predicted octanol–water partition coefficient (Wildman–Crippen LogP) is 3.11. The summed E-state index contributed by atoms with van der Waals surface area (Å²) < 4.78 is 1.66. The van der Waals surface area contributed by atoms with E-state index in [4.69, 9.17) is 0 Å². The Morgan fingerprint density at radius 1 is 1.36 bits per heavy atom. The van der Waals surface area contributed by atoms with Crippen LogP contribution < -0.4 is 5.32 Å². The molecule has 2 atom stereocenters. The van der Waals surface area contributed by atoms with Gasteiger partial charge in [-0.1, -0.05) is 38.1 Å². The highest BCUT2D eigenvalue weighted by Gasteiger charge is 2.32. The average Bonchev–Trinajstić information content (AvgIpc) is 2.94. The van der Waals surface area contributed by atoms with Crippen molar-refractivity contribution in [1.82, 2.24) is 15.1 Å². The van der Waals surface area contributed by atoms with E-state index in [9.17, 15) is 4.79 Å². The van der Waals surface area contributed by atoms with Gasteiger partial charge in [0.1, 0.15) is 0 Å². The standard InChI is InChI=1S/C18H23N3O/c1-12(2)15-9-8-13-6-4-5-7-16(13)17(15)20-18(22)14-10-19-21(3)11-14/h4-7,10-12,15,17H,8-9H2,1-3H3,(H,20,22)/t15-,17+/m1/s1. The summed E-state index contributed by atoms with van der Waals surface area (Å²) in [6, 6.07) is 8.55. The summed E-state index contributed by atoms with van der Waals surface area (Å²) in [6.07, 6.45) is 5.59. The monoisotopic (exact) mass is 297 g/mol. The van der Waals surface area contributed by atoms with Crippen LogP contribution in [0.15, 0.2) is 36.7 Å². The first-order chi connectivity index (χ1) is 10.6. The van der Waals surface area contributed by atoms with E-state index in [0.29, 0.717) is 17.4 Å². The van der Waals surface area contributed by atoms with Crippen LogP contribution in [0.1, 0.15) is 47.8 Å². The zero-order chi connectivity index (χ0) is 15.7. The number of nitrogens with zero attached hydrogens (tertiary/aromatic N) is 2. The van der Waals surface area contributed by atoms with Crippen molar-refractivity contribution >= 4 is 5.91 Å². The number of hydrogen-bond acceptors (Lipinski definition) is 2. The molecule has 1 amide bonds. The number of hydrogen-bond donors (Lipinski definition) is 1. The Bertz CT molecular complexity index is 674. The van der Waals surface area contributed by atoms with Gasteiger partial charge in [-0.2, -0.15) is 5.10 Å². The van der Waals surface area contributed by atoms with Crippen molar-refractivity contribution in [3.63, 3.8) is 0 Å². The van der Waals surface area contributed by atoms with E-state index in [-0.39, 0.29) is 11.9 Å². The molecule has 4 nitrogen and oxygen atoms in total. The molecule has 3 rings (SSSR count). The second-order valence-corrected chi connectivity index (χ2v) is 6.50. The number of rotatable bonds is 3. The lowest BCUT2D eigenvalue weighted by molar-refractivity contribution is 0.0904. The molecule has 0 saturated heterocycles. The minimum atomic E-state index is -0.0412. The van der Waals surface area contributed by atoms with E-state index in [2.05, 4.69) is 48.5 Å². The van der Waals surface area contributed by atoms with Crippen molar-refractivity contribution in [3.05, 3.63) is 53.3 Å². The quantitative estimate of drug-likeness (QED) is 0.946. The molecule has 1 N–H and O–H groups in total. The molecule has 2 aromatic rings. The first-order valence-corrected chi connectivity index (χ1v) is 7.93. The normalized spacial score (nSPS) is 20.7. The van der Waals surface area contributed by atoms with Crippen molar-refractivity contribution in [3.8, 4) is 0 Å². The van der Waals surface area contributed by atoms with Gasteiger partial charge in [0.2, 0.25) is 0 Å². The Labute approximate surface area is 131 Å². The summed E-state index contributed by atoms with van der Waals surface area (Å²) in [4.78, 5) is 12.5. The van der Waals surface area contributed by atoms with Gasteiger partial charge in [-0.3, -0.25) is 9.48 Å². The summed E-state index contributed by atoms with van der Waals surface area (Å²) in [6.45, 7) is 4.48. The number of aromatic nitrogens is 2. The first kappa shape index (κ1) is 14.8. The molecule has 1 aromatic carbocycles. The highest BCUT2D eigenvalue weighted by Crippen LogP contribution is 2.38. The number of carbonyl (C=O) groups excluding carboxylic acids is 1. The fourth-order valence-electron chi connectivity index (χ4n) is 3.45. The Balaban J connectivity index is 1.89. The van der Waals surface area contributed by atoms with Crippen LogP contribution in [-0.4, -0.2) is 15.7 Å². The molecule has 0 saturated carbocycles. The van der Waals surface area contributed by atoms with Crippen molar-refractivity contribution in [2.75, 3.05) is 0 Å². The van der Waals surface area contributed by atoms with Gasteiger partial charge in [0.25, 0.3) is 5.91 Å². The predicted molar refractivity (Wildman–Crippen MR) is 86.5 cm³/mol. The van der Waals surface area contributed by atoms with Gasteiger partial charge >= 0.3 is 0 Å². The van der Waals surface area contributed by atoms with Crippen LogP contribution in [0, 0.1) is 11.8 Å². The highest BCUT2D eigenvalue weighted by atomic mass is 16.1. The minimum Gasteiger partial charge on any atom is -0.345 e. The molecule has 22 heavy (non-hydrogen) atoms. The summed E-state index contributed by atoms with van der Waals surface area (Å²) in [5, 5.41) is 7.33. The number of carbonyl (C=O) groups is 1. The second-order valence-electron chi connectivity index (χ2n) is 6.50. The van der Waals surface area contributed by atoms with Crippen LogP contribution in [0.5, 0.6) is 0 Å². The molecule has 0 bridgehead atoms. The van der Waals surface area contributed by atoms with E-state index < -0.39 is 0 Å². The molecular weight excluding hydrogens is 274 g/mol. The Kier molecular flexibility index (Phi) is 4.01. The molecule has 0 aliphatic heterocycles. The third-order valence-corrected chi connectivity index (χ3v) is 4.68. The molecule has 0 spiro atoms. The van der Waals surface area contributed by atoms with E-state index in [1.807, 2.05) is 7.05 Å². The summed E-state index contributed by atoms with van der Waals surface area (Å²) in [7, 11) is 1.82. The number of nitrogens with one attached hydrogen (secondary N) is 1. The van der Waals surface area contributed by atoms with Crippen LogP contribution >= 0.6 is 0 Å². The SMILES string of the molecule is CC(C)[C@H]1CCc2ccccc2[C@H]1NC(=O)c1cnn(C)c1. The maximum Gasteiger partial charge on any atom is 0.254 e. The Morgan fingerprint density at radius 2 is 2.14 bits per heavy atom. The fourth-order valence-corrected chi connectivity index (χ4v) is 3.45. The number of benzene rings is 1. The van der Waals surface area contributed by atoms with Crippen molar-refractivity contribution in [2.45, 2.75) is 32.7 Å². The van der Waals surface area contributed by atoms with Crippen LogP contribution in [-0.2, 0) is 13.5 Å². The third-order valence-electron chi connectivity index (χ3n) is 4.68. The minimum absolute atomic E-state index is 0.0412. The van der Waals surface area contributed by atoms with Crippen LogP contribution in [0.3, 0.4) is 0 Å². The number of fused-ring (bicyclic) bond motifs is 1. The van der Waals surface area contributed by atoms with E-state index >= 15 is 0 Å². The molecule has 116 valence electrons. The second kappa shape index (κ2) is 5.95. The molecule has 0 fully saturated rings. The molecule has 0 radical (unpaired) electrons. The third kappa shape index (κ3) is 2.78. The molecule has 1 aliphatic carbocycles. The molecule has 0 unspecified atom stereocenters. The highest BCUT2D eigenvalue weighted by molar-refractivity contribution is 5.94. The van der Waals surface area contributed by atoms with Gasteiger partial charge < -0.3 is 5.32 Å². The Hall–Kier alpha value is -2.10. The van der Waals surface area contributed by atoms with Gasteiger partial charge in [-0.25, -0.2) is 0 Å². The topological polar surface area (TPSA) is 46.9 Å². The number of aryl methyl sites for hydroxylation is 2. The first-order valence-electron chi connectivity index (χ1n) is 7.93. The van der Waals surface area contributed by atoms with Crippen LogP contribution in [0.4, 0.5) is 0 Å². The lowest BCUT2D eigenvalue weighted by atomic mass is 9.74. The number of amides is 1. The zero-order valence-electron chi connectivity index (χ0n) is 13.4. The maximum absolute atomic E-state index is 12.5. The van der Waals surface area contributed by atoms with Crippen molar-refractivity contribution in [2.24, 2.45) is 18.9 Å². The average molecular weight is 297 g/mol. The zero-order valence-corrected chi connectivity index (χ0v) is 13.4. The van der Waals surface area contributed by atoms with Crippen molar-refractivity contribution < 1.29 is 4.79 Å². The van der Waals surface area contributed by atoms with Gasteiger partial charge in [-0.05, 0) is 35.8 Å².